The number of aryl methyl sites for hydroxylation is 2. The van der Waals surface area contributed by atoms with Crippen LogP contribution in [0, 0.1) is 5.92 Å². The molecule has 0 saturated carbocycles. The van der Waals surface area contributed by atoms with Crippen molar-refractivity contribution in [2.45, 2.75) is 60.3 Å². The van der Waals surface area contributed by atoms with Gasteiger partial charge < -0.3 is 9.84 Å². The number of rotatable bonds is 8. The van der Waals surface area contributed by atoms with Gasteiger partial charge in [0.15, 0.2) is 0 Å². The molecule has 28 heavy (non-hydrogen) atoms. The van der Waals surface area contributed by atoms with Gasteiger partial charge >= 0.3 is 0 Å². The molecule has 2 rings (SSSR count). The van der Waals surface area contributed by atoms with Crippen LogP contribution < -0.4 is 4.74 Å². The zero-order chi connectivity index (χ0) is 20.8. The highest BCUT2D eigenvalue weighted by Gasteiger charge is 2.20. The molecule has 0 aliphatic carbocycles. The van der Waals surface area contributed by atoms with Crippen molar-refractivity contribution in [1.82, 2.24) is 9.97 Å². The van der Waals surface area contributed by atoms with E-state index in [-0.39, 0.29) is 12.5 Å². The van der Waals surface area contributed by atoms with Crippen molar-refractivity contribution in [1.29, 1.82) is 0 Å². The molecule has 1 N–H and O–H groups in total. The fraction of sp³-hybridized carbons (Fsp3) is 0.500. The lowest BCUT2D eigenvalue weighted by molar-refractivity contribution is 0.266. The summed E-state index contributed by atoms with van der Waals surface area (Å²) in [5, 5.41) is 9.67. The van der Waals surface area contributed by atoms with Crippen molar-refractivity contribution in [3.8, 4) is 17.1 Å². The summed E-state index contributed by atoms with van der Waals surface area (Å²) < 4.78 is 5.62. The summed E-state index contributed by atoms with van der Waals surface area (Å²) in [6.45, 7) is 12.7. The van der Waals surface area contributed by atoms with Gasteiger partial charge in [0.05, 0.1) is 18.4 Å². The van der Waals surface area contributed by atoms with Gasteiger partial charge in [-0.25, -0.2) is 4.98 Å². The number of aromatic nitrogens is 2. The Labute approximate surface area is 169 Å². The van der Waals surface area contributed by atoms with Gasteiger partial charge in [-0.15, -0.1) is 0 Å². The minimum atomic E-state index is 0.0779. The maximum absolute atomic E-state index is 9.67. The van der Waals surface area contributed by atoms with Crippen molar-refractivity contribution in [2.24, 2.45) is 5.92 Å². The fourth-order valence-electron chi connectivity index (χ4n) is 3.53. The Morgan fingerprint density at radius 1 is 1.14 bits per heavy atom. The van der Waals surface area contributed by atoms with Crippen LogP contribution in [0.5, 0.6) is 5.88 Å². The highest BCUT2D eigenvalue weighted by Crippen LogP contribution is 2.35. The Hall–Kier alpha value is -2.20. The van der Waals surface area contributed by atoms with Crippen LogP contribution in [-0.2, 0) is 12.8 Å². The van der Waals surface area contributed by atoms with Gasteiger partial charge in [-0.3, -0.25) is 4.98 Å². The third-order valence-electron chi connectivity index (χ3n) is 5.24. The highest BCUT2D eigenvalue weighted by molar-refractivity contribution is 5.75. The van der Waals surface area contributed by atoms with E-state index in [4.69, 9.17) is 14.7 Å². The minimum Gasteiger partial charge on any atom is -0.480 e. The van der Waals surface area contributed by atoms with E-state index in [1.54, 1.807) is 7.11 Å². The van der Waals surface area contributed by atoms with E-state index in [0.29, 0.717) is 11.8 Å². The Morgan fingerprint density at radius 3 is 2.36 bits per heavy atom. The third-order valence-corrected chi connectivity index (χ3v) is 5.24. The fourth-order valence-corrected chi connectivity index (χ4v) is 3.53. The average molecular weight is 383 g/mol. The molecule has 0 amide bonds. The number of methoxy groups -OCH3 is 1. The van der Waals surface area contributed by atoms with Crippen molar-refractivity contribution in [3.63, 3.8) is 0 Å². The van der Waals surface area contributed by atoms with E-state index in [9.17, 15) is 5.11 Å². The molecule has 152 valence electrons. The summed E-state index contributed by atoms with van der Waals surface area (Å²) in [7, 11) is 1.66. The molecular formula is C24H34N2O2. The number of pyridine rings is 2. The lowest BCUT2D eigenvalue weighted by Crippen LogP contribution is -2.09. The summed E-state index contributed by atoms with van der Waals surface area (Å²) in [5.74, 6) is 1.04. The van der Waals surface area contributed by atoms with E-state index in [1.807, 2.05) is 13.8 Å². The molecule has 0 bridgehead atoms. The summed E-state index contributed by atoms with van der Waals surface area (Å²) >= 11 is 0. The van der Waals surface area contributed by atoms with Gasteiger partial charge in [0.1, 0.15) is 0 Å². The van der Waals surface area contributed by atoms with Crippen molar-refractivity contribution in [3.05, 3.63) is 46.8 Å². The lowest BCUT2D eigenvalue weighted by atomic mass is 9.89. The van der Waals surface area contributed by atoms with Gasteiger partial charge in [-0.1, -0.05) is 40.7 Å². The Kier molecular flexibility index (Phi) is 7.76. The molecule has 2 aromatic heterocycles. The molecule has 4 heteroatoms. The van der Waals surface area contributed by atoms with E-state index in [2.05, 4.69) is 52.0 Å². The summed E-state index contributed by atoms with van der Waals surface area (Å²) in [4.78, 5) is 9.76. The van der Waals surface area contributed by atoms with Gasteiger partial charge in [0.25, 0.3) is 0 Å². The largest absolute Gasteiger partial charge is 0.480 e. The number of ether oxygens (including phenoxy) is 1. The predicted octanol–water partition coefficient (Wildman–Crippen LogP) is 5.43. The normalized spacial score (nSPS) is 13.1. The molecule has 0 unspecified atom stereocenters. The minimum absolute atomic E-state index is 0.0779. The van der Waals surface area contributed by atoms with Crippen LogP contribution in [-0.4, -0.2) is 28.8 Å². The van der Waals surface area contributed by atoms with Gasteiger partial charge in [-0.2, -0.15) is 0 Å². The molecule has 0 saturated heterocycles. The van der Waals surface area contributed by atoms with Crippen LogP contribution >= 0.6 is 0 Å². The molecule has 0 aliphatic heterocycles. The molecule has 0 aliphatic rings. The second kappa shape index (κ2) is 9.83. The van der Waals surface area contributed by atoms with E-state index in [1.165, 1.54) is 0 Å². The first-order valence-corrected chi connectivity index (χ1v) is 10.3. The summed E-state index contributed by atoms with van der Waals surface area (Å²) in [6.07, 6.45) is 3.77. The van der Waals surface area contributed by atoms with Crippen LogP contribution in [0.2, 0.25) is 0 Å². The standard InChI is InChI=1S/C24H34N2O2/c1-8-17-13-20(18(9-2)16(6)14-27)21(10-3)25-23(17)19-11-12-22(15(4)5)26-24(19)28-7/h9,11-13,15-16,27H,8,10,14H2,1-7H3/b18-9-/t16-/m0/s1. The summed E-state index contributed by atoms with van der Waals surface area (Å²) in [5.41, 5.74) is 7.37. The molecule has 0 fully saturated rings. The first-order chi connectivity index (χ1) is 13.4. The van der Waals surface area contributed by atoms with E-state index in [0.717, 1.165) is 52.2 Å². The molecule has 1 atom stereocenters. The van der Waals surface area contributed by atoms with Crippen LogP contribution in [0.4, 0.5) is 0 Å². The number of aliphatic hydroxyl groups is 1. The van der Waals surface area contributed by atoms with E-state index < -0.39 is 0 Å². The molecule has 4 nitrogen and oxygen atoms in total. The Morgan fingerprint density at radius 2 is 1.86 bits per heavy atom. The summed E-state index contributed by atoms with van der Waals surface area (Å²) in [6, 6.07) is 6.38. The van der Waals surface area contributed by atoms with Crippen molar-refractivity contribution >= 4 is 5.57 Å². The first-order valence-electron chi connectivity index (χ1n) is 10.3. The Balaban J connectivity index is 2.70. The van der Waals surface area contributed by atoms with Crippen LogP contribution in [0.3, 0.4) is 0 Å². The highest BCUT2D eigenvalue weighted by atomic mass is 16.5. The lowest BCUT2D eigenvalue weighted by Gasteiger charge is -2.20. The smallest absolute Gasteiger partial charge is 0.222 e. The predicted molar refractivity (Wildman–Crippen MR) is 117 cm³/mol. The van der Waals surface area contributed by atoms with Crippen LogP contribution in [0.1, 0.15) is 70.0 Å². The molecular weight excluding hydrogens is 348 g/mol. The first kappa shape index (κ1) is 22.1. The number of hydrogen-bond donors (Lipinski definition) is 1. The zero-order valence-corrected chi connectivity index (χ0v) is 18.3. The van der Waals surface area contributed by atoms with Crippen molar-refractivity contribution in [2.75, 3.05) is 13.7 Å². The second-order valence-corrected chi connectivity index (χ2v) is 7.47. The quantitative estimate of drug-likeness (QED) is 0.661. The monoisotopic (exact) mass is 382 g/mol. The van der Waals surface area contributed by atoms with Crippen molar-refractivity contribution < 1.29 is 9.84 Å². The topological polar surface area (TPSA) is 55.2 Å². The Bertz CT molecular complexity index is 841. The average Bonchev–Trinajstić information content (AvgIpc) is 2.72. The maximum Gasteiger partial charge on any atom is 0.222 e. The number of aliphatic hydroxyl groups excluding tert-OH is 1. The van der Waals surface area contributed by atoms with Crippen LogP contribution in [0.15, 0.2) is 24.3 Å². The maximum atomic E-state index is 9.67. The molecule has 0 radical (unpaired) electrons. The van der Waals surface area contributed by atoms with Gasteiger partial charge in [-0.05, 0) is 60.6 Å². The third kappa shape index (κ3) is 4.44. The van der Waals surface area contributed by atoms with Crippen LogP contribution in [0.25, 0.3) is 16.8 Å². The molecule has 2 aromatic rings. The SMILES string of the molecule is C/C=C(\c1cc(CC)c(-c2ccc(C(C)C)nc2OC)nc1CC)[C@@H](C)CO. The molecule has 0 spiro atoms. The molecule has 2 heterocycles. The molecule has 0 aromatic carbocycles. The number of hydrogen-bond acceptors (Lipinski definition) is 4. The van der Waals surface area contributed by atoms with Gasteiger partial charge in [0.2, 0.25) is 5.88 Å². The second-order valence-electron chi connectivity index (χ2n) is 7.47. The number of allylic oxidation sites excluding steroid dienone is 1. The zero-order valence-electron chi connectivity index (χ0n) is 18.3. The number of nitrogens with zero attached hydrogens (tertiary/aromatic N) is 2. The van der Waals surface area contributed by atoms with Gasteiger partial charge in [0, 0.05) is 23.9 Å². The van der Waals surface area contributed by atoms with E-state index >= 15 is 0 Å².